The molecular weight excluding hydrogens is 475 g/mol. The van der Waals surface area contributed by atoms with E-state index in [2.05, 4.69) is 15.9 Å². The predicted molar refractivity (Wildman–Crippen MR) is 103 cm³/mol. The summed E-state index contributed by atoms with van der Waals surface area (Å²) >= 11 is 5.45. The highest BCUT2D eigenvalue weighted by Gasteiger charge is 2.30. The molecule has 1 aliphatic heterocycles. The molecule has 1 aliphatic rings. The molecule has 1 aromatic heterocycles. The van der Waals surface area contributed by atoms with Gasteiger partial charge in [-0.05, 0) is 55.0 Å². The van der Waals surface area contributed by atoms with Crippen LogP contribution < -0.4 is 14.9 Å². The van der Waals surface area contributed by atoms with E-state index >= 15 is 0 Å². The predicted octanol–water partition coefficient (Wildman–Crippen LogP) is 4.53. The molecule has 0 aliphatic carbocycles. The molecule has 0 unspecified atom stereocenters. The van der Waals surface area contributed by atoms with Gasteiger partial charge in [0.15, 0.2) is 5.58 Å². The molecule has 3 rings (SSSR count). The molecule has 0 atom stereocenters. The number of ether oxygens (including phenoxy) is 2. The van der Waals surface area contributed by atoms with Gasteiger partial charge in [0.2, 0.25) is 5.43 Å². The van der Waals surface area contributed by atoms with Crippen LogP contribution in [0.2, 0.25) is 0 Å². The van der Waals surface area contributed by atoms with Gasteiger partial charge in [-0.15, -0.1) is 0 Å². The number of hydrogen-bond acceptors (Lipinski definition) is 4. The van der Waals surface area contributed by atoms with Gasteiger partial charge in [-0.25, -0.2) is 0 Å². The Balaban J connectivity index is 2.49. The van der Waals surface area contributed by atoms with Crippen LogP contribution in [0.5, 0.6) is 11.5 Å². The van der Waals surface area contributed by atoms with E-state index in [0.29, 0.717) is 26.7 Å². The molecule has 0 radical (unpaired) electrons. The second-order valence-electron chi connectivity index (χ2n) is 5.85. The molecule has 122 valence electrons. The van der Waals surface area contributed by atoms with Crippen molar-refractivity contribution in [3.63, 3.8) is 0 Å². The largest absolute Gasteiger partial charge is 0.495 e. The van der Waals surface area contributed by atoms with E-state index in [9.17, 15) is 4.79 Å². The zero-order valence-corrected chi connectivity index (χ0v) is 16.8. The van der Waals surface area contributed by atoms with Crippen LogP contribution in [0.1, 0.15) is 25.0 Å². The number of hydrogen-bond donors (Lipinski definition) is 0. The third kappa shape index (κ3) is 2.80. The second-order valence-corrected chi connectivity index (χ2v) is 7.80. The number of fused-ring (bicyclic) bond motifs is 3. The van der Waals surface area contributed by atoms with E-state index < -0.39 is 5.60 Å². The molecule has 2 aromatic rings. The zero-order chi connectivity index (χ0) is 16.8. The van der Waals surface area contributed by atoms with Gasteiger partial charge in [0.1, 0.15) is 28.7 Å². The molecule has 0 bridgehead atoms. The van der Waals surface area contributed by atoms with Gasteiger partial charge in [-0.3, -0.25) is 4.79 Å². The third-order valence-corrected chi connectivity index (χ3v) is 4.92. The van der Waals surface area contributed by atoms with Crippen molar-refractivity contribution < 1.29 is 13.9 Å². The molecule has 0 saturated carbocycles. The lowest BCUT2D eigenvalue weighted by Crippen LogP contribution is -2.28. The average molecular weight is 491 g/mol. The Morgan fingerprint density at radius 3 is 2.78 bits per heavy atom. The van der Waals surface area contributed by atoms with Crippen LogP contribution in [0.25, 0.3) is 17.0 Å². The molecule has 23 heavy (non-hydrogen) atoms. The van der Waals surface area contributed by atoms with E-state index in [1.54, 1.807) is 7.11 Å². The van der Waals surface area contributed by atoms with Crippen LogP contribution in [0.15, 0.2) is 21.6 Å². The number of rotatable bonds is 3. The average Bonchev–Trinajstić information content (AvgIpc) is 2.50. The van der Waals surface area contributed by atoms with Crippen molar-refractivity contribution in [3.8, 4) is 11.5 Å². The molecule has 2 heterocycles. The summed E-state index contributed by atoms with van der Waals surface area (Å²) in [7, 11) is 1.57. The zero-order valence-electron chi connectivity index (χ0n) is 13.0. The van der Waals surface area contributed by atoms with Crippen LogP contribution in [-0.2, 0) is 6.42 Å². The number of alkyl halides is 1. The summed E-state index contributed by atoms with van der Waals surface area (Å²) in [5.74, 6) is 1.27. The van der Waals surface area contributed by atoms with Gasteiger partial charge < -0.3 is 13.9 Å². The smallest absolute Gasteiger partial charge is 0.209 e. The van der Waals surface area contributed by atoms with Crippen molar-refractivity contribution in [2.75, 3.05) is 12.4 Å². The van der Waals surface area contributed by atoms with Crippen molar-refractivity contribution in [1.82, 2.24) is 0 Å². The topological polar surface area (TPSA) is 48.7 Å². The monoisotopic (exact) mass is 490 g/mol. The van der Waals surface area contributed by atoms with Crippen LogP contribution in [0.3, 0.4) is 0 Å². The highest BCUT2D eigenvalue weighted by molar-refractivity contribution is 14.1. The van der Waals surface area contributed by atoms with Gasteiger partial charge in [0, 0.05) is 10.9 Å². The maximum Gasteiger partial charge on any atom is 0.209 e. The van der Waals surface area contributed by atoms with E-state index in [1.165, 1.54) is 6.26 Å². The van der Waals surface area contributed by atoms with Crippen LogP contribution >= 0.6 is 38.5 Å². The Morgan fingerprint density at radius 2 is 2.13 bits per heavy atom. The summed E-state index contributed by atoms with van der Waals surface area (Å²) in [5.41, 5.74) is 1.69. The quantitative estimate of drug-likeness (QED) is 0.468. The third-order valence-electron chi connectivity index (χ3n) is 3.78. The highest BCUT2D eigenvalue weighted by atomic mass is 127. The van der Waals surface area contributed by atoms with Gasteiger partial charge >= 0.3 is 0 Å². The van der Waals surface area contributed by atoms with E-state index in [1.807, 2.05) is 48.6 Å². The fraction of sp³-hybridized carbons (Fsp3) is 0.353. The maximum absolute atomic E-state index is 12.7. The van der Waals surface area contributed by atoms with E-state index in [-0.39, 0.29) is 5.43 Å². The van der Waals surface area contributed by atoms with E-state index in [4.69, 9.17) is 13.9 Å². The molecule has 0 saturated heterocycles. The van der Waals surface area contributed by atoms with Crippen molar-refractivity contribution in [2.45, 2.75) is 25.9 Å². The second kappa shape index (κ2) is 6.12. The van der Waals surface area contributed by atoms with Gasteiger partial charge in [0.25, 0.3) is 0 Å². The Morgan fingerprint density at radius 1 is 1.39 bits per heavy atom. The lowest BCUT2D eigenvalue weighted by atomic mass is 9.95. The van der Waals surface area contributed by atoms with Gasteiger partial charge in [-0.2, -0.15) is 0 Å². The van der Waals surface area contributed by atoms with Crippen molar-refractivity contribution in [1.29, 1.82) is 0 Å². The van der Waals surface area contributed by atoms with Crippen molar-refractivity contribution in [2.24, 2.45) is 0 Å². The molecule has 1 aromatic carbocycles. The fourth-order valence-corrected chi connectivity index (χ4v) is 3.56. The van der Waals surface area contributed by atoms with Crippen LogP contribution in [0.4, 0.5) is 0 Å². The summed E-state index contributed by atoms with van der Waals surface area (Å²) in [4.78, 5) is 12.7. The first-order chi connectivity index (χ1) is 10.9. The summed E-state index contributed by atoms with van der Waals surface area (Å²) in [6, 6.07) is 0. The number of halogens is 2. The maximum atomic E-state index is 12.7. The Hall–Kier alpha value is -1.02. The Kier molecular flexibility index (Phi) is 4.48. The molecule has 6 heteroatoms. The standard InChI is InChI=1S/C17H16BrIO4/c1-17(2)6-4-9-14(23-17)10(5-7-18)15(21-3)12-13(20)11(19)8-22-16(9)12/h4,6,8H,5,7H2,1-3H3. The normalized spacial score (nSPS) is 15.3. The minimum Gasteiger partial charge on any atom is -0.495 e. The lowest BCUT2D eigenvalue weighted by Gasteiger charge is -2.30. The van der Waals surface area contributed by atoms with Gasteiger partial charge in [0.05, 0.1) is 16.2 Å². The van der Waals surface area contributed by atoms with Crippen molar-refractivity contribution >= 4 is 55.6 Å². The molecule has 0 amide bonds. The molecule has 0 N–H and O–H groups in total. The first-order valence-corrected chi connectivity index (χ1v) is 9.37. The van der Waals surface area contributed by atoms with Gasteiger partial charge in [-0.1, -0.05) is 15.9 Å². The summed E-state index contributed by atoms with van der Waals surface area (Å²) in [5, 5.41) is 1.21. The minimum atomic E-state index is -0.420. The summed E-state index contributed by atoms with van der Waals surface area (Å²) < 4.78 is 18.0. The van der Waals surface area contributed by atoms with Crippen molar-refractivity contribution in [3.05, 3.63) is 37.3 Å². The fourth-order valence-electron chi connectivity index (χ4n) is 2.77. The molecule has 0 fully saturated rings. The molecule has 4 nitrogen and oxygen atoms in total. The van der Waals surface area contributed by atoms with Crippen LogP contribution in [-0.4, -0.2) is 18.0 Å². The minimum absolute atomic E-state index is 0.0828. The van der Waals surface area contributed by atoms with Crippen LogP contribution in [0, 0.1) is 3.57 Å². The first-order valence-electron chi connectivity index (χ1n) is 7.17. The number of methoxy groups -OCH3 is 1. The summed E-state index contributed by atoms with van der Waals surface area (Å²) in [6.45, 7) is 3.98. The van der Waals surface area contributed by atoms with E-state index in [0.717, 1.165) is 22.2 Å². The lowest BCUT2D eigenvalue weighted by molar-refractivity contribution is 0.157. The molecule has 0 spiro atoms. The Labute approximate surface area is 156 Å². The first kappa shape index (κ1) is 16.8. The SMILES string of the molecule is COc1c(CCBr)c2c(c3occ(I)c(=O)c13)C=CC(C)(C)O2. The highest BCUT2D eigenvalue weighted by Crippen LogP contribution is 2.44. The summed E-state index contributed by atoms with van der Waals surface area (Å²) in [6.07, 6.45) is 6.10. The molecular formula is C17H16BrIO4. The number of benzene rings is 1. The Bertz CT molecular complexity index is 867.